The van der Waals surface area contributed by atoms with E-state index in [2.05, 4.69) is 32.9 Å². The van der Waals surface area contributed by atoms with Crippen molar-refractivity contribution >= 4 is 17.6 Å². The standard InChI is InChI=1S/C27H43NO4/c1-4-5-8-14-24(29)27(2,3)21-17-19-23(20-18-21)28-22(13-11-15-25(28)30)12-9-6-7-10-16-26(31)32/h17-20,22,24,29H,4-16H2,1-3H3,(H,31,32). The first-order valence-corrected chi connectivity index (χ1v) is 12.6. The van der Waals surface area contributed by atoms with Crippen LogP contribution in [0.4, 0.5) is 5.69 Å². The minimum absolute atomic E-state index is 0.193. The van der Waals surface area contributed by atoms with Gasteiger partial charge < -0.3 is 15.1 Å². The minimum Gasteiger partial charge on any atom is -0.481 e. The van der Waals surface area contributed by atoms with E-state index in [4.69, 9.17) is 5.11 Å². The number of hydrogen-bond donors (Lipinski definition) is 2. The highest BCUT2D eigenvalue weighted by atomic mass is 16.4. The van der Waals surface area contributed by atoms with Crippen LogP contribution in [-0.2, 0) is 15.0 Å². The van der Waals surface area contributed by atoms with Crippen molar-refractivity contribution in [3.8, 4) is 0 Å². The summed E-state index contributed by atoms with van der Waals surface area (Å²) in [4.78, 5) is 25.4. The van der Waals surface area contributed by atoms with Gasteiger partial charge in [0.1, 0.15) is 0 Å². The predicted molar refractivity (Wildman–Crippen MR) is 130 cm³/mol. The molecule has 1 aliphatic heterocycles. The molecule has 1 aliphatic rings. The summed E-state index contributed by atoms with van der Waals surface area (Å²) >= 11 is 0. The second kappa shape index (κ2) is 13.0. The Balaban J connectivity index is 1.99. The van der Waals surface area contributed by atoms with Crippen LogP contribution in [0.15, 0.2) is 24.3 Å². The Labute approximate surface area is 194 Å². The molecule has 1 aromatic rings. The smallest absolute Gasteiger partial charge is 0.303 e. The zero-order chi connectivity index (χ0) is 23.6. The van der Waals surface area contributed by atoms with Gasteiger partial charge in [0.15, 0.2) is 0 Å². The van der Waals surface area contributed by atoms with E-state index in [9.17, 15) is 14.7 Å². The normalized spacial score (nSPS) is 18.1. The topological polar surface area (TPSA) is 77.8 Å². The number of aliphatic hydroxyl groups is 1. The van der Waals surface area contributed by atoms with Crippen LogP contribution < -0.4 is 4.90 Å². The van der Waals surface area contributed by atoms with Crippen molar-refractivity contribution in [3.63, 3.8) is 0 Å². The Morgan fingerprint density at radius 3 is 2.44 bits per heavy atom. The van der Waals surface area contributed by atoms with Crippen LogP contribution in [0.2, 0.25) is 0 Å². The van der Waals surface area contributed by atoms with E-state index < -0.39 is 5.97 Å². The van der Waals surface area contributed by atoms with Crippen molar-refractivity contribution in [2.45, 2.75) is 122 Å². The highest BCUT2D eigenvalue weighted by Gasteiger charge is 2.31. The number of hydrogen-bond acceptors (Lipinski definition) is 3. The molecule has 2 unspecified atom stereocenters. The van der Waals surface area contributed by atoms with E-state index >= 15 is 0 Å². The summed E-state index contributed by atoms with van der Waals surface area (Å²) in [5.74, 6) is -0.534. The van der Waals surface area contributed by atoms with Crippen molar-refractivity contribution in [1.29, 1.82) is 0 Å². The summed E-state index contributed by atoms with van der Waals surface area (Å²) in [6, 6.07) is 8.44. The van der Waals surface area contributed by atoms with E-state index in [1.165, 1.54) is 0 Å². The molecule has 2 N–H and O–H groups in total. The highest BCUT2D eigenvalue weighted by Crippen LogP contribution is 2.34. The molecule has 0 aromatic heterocycles. The SMILES string of the molecule is CCCCCC(O)C(C)(C)c1ccc(N2C(=O)CCCC2CCCCCCC(=O)O)cc1. The molecule has 0 aliphatic carbocycles. The molecule has 2 atom stereocenters. The van der Waals surface area contributed by atoms with Crippen LogP contribution in [0, 0.1) is 0 Å². The summed E-state index contributed by atoms with van der Waals surface area (Å²) in [5, 5.41) is 19.5. The number of rotatable bonds is 14. The maximum atomic E-state index is 12.8. The van der Waals surface area contributed by atoms with Crippen LogP contribution in [0.5, 0.6) is 0 Å². The van der Waals surface area contributed by atoms with Gasteiger partial charge in [-0.15, -0.1) is 0 Å². The van der Waals surface area contributed by atoms with Crippen molar-refractivity contribution in [2.24, 2.45) is 0 Å². The zero-order valence-electron chi connectivity index (χ0n) is 20.3. The van der Waals surface area contributed by atoms with Crippen LogP contribution in [0.25, 0.3) is 0 Å². The number of carboxylic acids is 1. The van der Waals surface area contributed by atoms with Crippen LogP contribution in [0.1, 0.15) is 110 Å². The van der Waals surface area contributed by atoms with Gasteiger partial charge in [0.2, 0.25) is 5.91 Å². The fourth-order valence-electron chi connectivity index (χ4n) is 4.77. The fraction of sp³-hybridized carbons (Fsp3) is 0.704. The number of piperidine rings is 1. The van der Waals surface area contributed by atoms with Gasteiger partial charge in [-0.05, 0) is 49.8 Å². The van der Waals surface area contributed by atoms with Crippen LogP contribution >= 0.6 is 0 Å². The summed E-state index contributed by atoms with van der Waals surface area (Å²) in [6.45, 7) is 6.36. The van der Waals surface area contributed by atoms with Crippen molar-refractivity contribution in [1.82, 2.24) is 0 Å². The molecule has 0 saturated carbocycles. The lowest BCUT2D eigenvalue weighted by Gasteiger charge is -2.37. The molecule has 0 spiro atoms. The fourth-order valence-corrected chi connectivity index (χ4v) is 4.77. The lowest BCUT2D eigenvalue weighted by atomic mass is 9.77. The van der Waals surface area contributed by atoms with Gasteiger partial charge >= 0.3 is 5.97 Å². The number of unbranched alkanes of at least 4 members (excludes halogenated alkanes) is 5. The Hall–Kier alpha value is -1.88. The highest BCUT2D eigenvalue weighted by molar-refractivity contribution is 5.94. The second-order valence-corrected chi connectivity index (χ2v) is 9.94. The molecule has 0 bridgehead atoms. The Morgan fingerprint density at radius 1 is 1.09 bits per heavy atom. The number of carbonyl (C=O) groups is 2. The van der Waals surface area contributed by atoms with Gasteiger partial charge in [0.25, 0.3) is 0 Å². The van der Waals surface area contributed by atoms with E-state index in [-0.39, 0.29) is 29.9 Å². The summed E-state index contributed by atoms with van der Waals surface area (Å²) in [5.41, 5.74) is 1.73. The average Bonchev–Trinajstić information content (AvgIpc) is 2.76. The number of benzene rings is 1. The monoisotopic (exact) mass is 445 g/mol. The quantitative estimate of drug-likeness (QED) is 0.333. The predicted octanol–water partition coefficient (Wildman–Crippen LogP) is 6.22. The lowest BCUT2D eigenvalue weighted by Crippen LogP contribution is -2.43. The van der Waals surface area contributed by atoms with Gasteiger partial charge in [-0.25, -0.2) is 0 Å². The molecule has 5 nitrogen and oxygen atoms in total. The number of carboxylic acid groups (broad SMARTS) is 1. The van der Waals surface area contributed by atoms with Gasteiger partial charge in [-0.3, -0.25) is 9.59 Å². The summed E-state index contributed by atoms with van der Waals surface area (Å²) in [6.07, 6.45) is 11.2. The number of carbonyl (C=O) groups excluding carboxylic acids is 1. The molecule has 0 radical (unpaired) electrons. The molecule has 180 valence electrons. The van der Waals surface area contributed by atoms with Crippen molar-refractivity contribution in [3.05, 3.63) is 29.8 Å². The molecule has 5 heteroatoms. The molecule has 1 saturated heterocycles. The maximum Gasteiger partial charge on any atom is 0.303 e. The van der Waals surface area contributed by atoms with Crippen LogP contribution in [-0.4, -0.2) is 34.2 Å². The number of aliphatic hydroxyl groups excluding tert-OH is 1. The second-order valence-electron chi connectivity index (χ2n) is 9.94. The first-order chi connectivity index (χ1) is 15.3. The Morgan fingerprint density at radius 2 is 1.78 bits per heavy atom. The molecule has 1 heterocycles. The maximum absolute atomic E-state index is 12.8. The van der Waals surface area contributed by atoms with Gasteiger partial charge in [0, 0.05) is 30.0 Å². The molecule has 1 aromatic carbocycles. The van der Waals surface area contributed by atoms with Gasteiger partial charge in [-0.2, -0.15) is 0 Å². The van der Waals surface area contributed by atoms with Crippen LogP contribution in [0.3, 0.4) is 0 Å². The molecular weight excluding hydrogens is 402 g/mol. The number of anilines is 1. The minimum atomic E-state index is -0.728. The molecule has 1 amide bonds. The van der Waals surface area contributed by atoms with E-state index in [1.807, 2.05) is 17.0 Å². The Bertz CT molecular complexity index is 713. The Kier molecular flexibility index (Phi) is 10.7. The van der Waals surface area contributed by atoms with Gasteiger partial charge in [-0.1, -0.05) is 71.4 Å². The first-order valence-electron chi connectivity index (χ1n) is 12.6. The first kappa shape index (κ1) is 26.4. The summed E-state index contributed by atoms with van der Waals surface area (Å²) < 4.78 is 0. The number of amides is 1. The van der Waals surface area contributed by atoms with E-state index in [1.54, 1.807) is 0 Å². The van der Waals surface area contributed by atoms with E-state index in [0.29, 0.717) is 6.42 Å². The lowest BCUT2D eigenvalue weighted by molar-refractivity contribution is -0.137. The molecule has 32 heavy (non-hydrogen) atoms. The molecule has 1 fully saturated rings. The zero-order valence-corrected chi connectivity index (χ0v) is 20.3. The third kappa shape index (κ3) is 7.61. The van der Waals surface area contributed by atoms with Gasteiger partial charge in [0.05, 0.1) is 6.10 Å². The third-order valence-electron chi connectivity index (χ3n) is 7.04. The number of nitrogens with zero attached hydrogens (tertiary/aromatic N) is 1. The average molecular weight is 446 g/mol. The molecular formula is C27H43NO4. The number of aliphatic carboxylic acids is 1. The van der Waals surface area contributed by atoms with Crippen molar-refractivity contribution in [2.75, 3.05) is 4.90 Å². The van der Waals surface area contributed by atoms with E-state index in [0.717, 1.165) is 81.9 Å². The summed E-state index contributed by atoms with van der Waals surface area (Å²) in [7, 11) is 0. The molecule has 2 rings (SSSR count). The van der Waals surface area contributed by atoms with Crippen molar-refractivity contribution < 1.29 is 19.8 Å². The largest absolute Gasteiger partial charge is 0.481 e. The third-order valence-corrected chi connectivity index (χ3v) is 7.04.